The predicted octanol–water partition coefficient (Wildman–Crippen LogP) is -0.0903. The minimum Gasteiger partial charge on any atom is -0.297 e. The van der Waals surface area contributed by atoms with Crippen LogP contribution in [0.5, 0.6) is 0 Å². The first-order valence-corrected chi connectivity index (χ1v) is 1.78. The van der Waals surface area contributed by atoms with Crippen molar-refractivity contribution in [3.8, 4) is 0 Å². The van der Waals surface area contributed by atoms with Crippen LogP contribution in [0.25, 0.3) is 0 Å². The van der Waals surface area contributed by atoms with Gasteiger partial charge in [-0.05, 0) is 6.92 Å². The van der Waals surface area contributed by atoms with Crippen LogP contribution in [0.15, 0.2) is 0 Å². The minimum atomic E-state index is 0.454. The maximum Gasteiger partial charge on any atom is 0.0909 e. The van der Waals surface area contributed by atoms with E-state index in [-0.39, 0.29) is 0 Å². The third-order valence-electron chi connectivity index (χ3n) is 0.655. The van der Waals surface area contributed by atoms with Crippen LogP contribution >= 0.6 is 0 Å². The molecular formula is C3H7NO. The second kappa shape index (κ2) is 0.954. The van der Waals surface area contributed by atoms with Crippen molar-refractivity contribution in [3.63, 3.8) is 0 Å². The van der Waals surface area contributed by atoms with Gasteiger partial charge in [-0.1, -0.05) is 0 Å². The fourth-order valence-electron chi connectivity index (χ4n) is 0.250. The van der Waals surface area contributed by atoms with E-state index in [9.17, 15) is 0 Å². The third-order valence-corrected chi connectivity index (χ3v) is 0.655. The highest BCUT2D eigenvalue weighted by molar-refractivity contribution is 4.54. The van der Waals surface area contributed by atoms with E-state index in [0.29, 0.717) is 6.10 Å². The highest BCUT2D eigenvalue weighted by atomic mass is 16.7. The zero-order valence-corrected chi connectivity index (χ0v) is 3.19. The van der Waals surface area contributed by atoms with Gasteiger partial charge in [-0.25, -0.2) is 0 Å². The molecule has 1 fully saturated rings. The van der Waals surface area contributed by atoms with Crippen LogP contribution in [-0.2, 0) is 4.84 Å². The summed E-state index contributed by atoms with van der Waals surface area (Å²) in [5.74, 6) is 0. The Balaban J connectivity index is 2.08. The number of nitrogens with one attached hydrogen (secondary N) is 1. The number of hydrogen-bond acceptors (Lipinski definition) is 2. The Hall–Kier alpha value is -0.0800. The highest BCUT2D eigenvalue weighted by Gasteiger charge is 2.08. The monoisotopic (exact) mass is 73.1 g/mol. The lowest BCUT2D eigenvalue weighted by molar-refractivity contribution is -0.111. The van der Waals surface area contributed by atoms with Gasteiger partial charge in [0.05, 0.1) is 6.10 Å². The molecule has 1 unspecified atom stereocenters. The molecule has 0 spiro atoms. The summed E-state index contributed by atoms with van der Waals surface area (Å²) < 4.78 is 0. The van der Waals surface area contributed by atoms with Gasteiger partial charge in [-0.2, -0.15) is 5.48 Å². The first kappa shape index (κ1) is 3.12. The highest BCUT2D eigenvalue weighted by Crippen LogP contribution is 1.92. The van der Waals surface area contributed by atoms with E-state index in [2.05, 4.69) is 10.3 Å². The van der Waals surface area contributed by atoms with Gasteiger partial charge in [0, 0.05) is 6.54 Å². The first-order valence-electron chi connectivity index (χ1n) is 1.78. The van der Waals surface area contributed by atoms with E-state index >= 15 is 0 Å². The molecule has 1 N–H and O–H groups in total. The van der Waals surface area contributed by atoms with Crippen molar-refractivity contribution in [1.82, 2.24) is 5.48 Å². The molecule has 1 saturated heterocycles. The first-order chi connectivity index (χ1) is 2.39. The van der Waals surface area contributed by atoms with Crippen molar-refractivity contribution in [2.75, 3.05) is 6.54 Å². The van der Waals surface area contributed by atoms with Gasteiger partial charge in [-0.3, -0.25) is 4.84 Å². The van der Waals surface area contributed by atoms with E-state index in [1.807, 2.05) is 6.92 Å². The van der Waals surface area contributed by atoms with Gasteiger partial charge in [0.15, 0.2) is 0 Å². The maximum atomic E-state index is 4.68. The number of hydroxylamine groups is 1. The number of rotatable bonds is 0. The standard InChI is InChI=1S/C3H7NO/c1-3-2-4-5-3/h3-4H,2H2,1H3. The minimum absolute atomic E-state index is 0.454. The molecule has 5 heavy (non-hydrogen) atoms. The molecule has 1 atom stereocenters. The molecule has 0 amide bonds. The molecule has 0 saturated carbocycles. The van der Waals surface area contributed by atoms with Gasteiger partial charge in [-0.15, -0.1) is 0 Å². The smallest absolute Gasteiger partial charge is 0.0909 e. The van der Waals surface area contributed by atoms with Crippen LogP contribution in [-0.4, -0.2) is 12.6 Å². The summed E-state index contributed by atoms with van der Waals surface area (Å²) >= 11 is 0. The summed E-state index contributed by atoms with van der Waals surface area (Å²) in [5, 5.41) is 0. The van der Waals surface area contributed by atoms with E-state index in [0.717, 1.165) is 6.54 Å². The SMILES string of the molecule is CC1CNO1. The zero-order valence-electron chi connectivity index (χ0n) is 3.19. The van der Waals surface area contributed by atoms with Crippen LogP contribution in [0.2, 0.25) is 0 Å². The largest absolute Gasteiger partial charge is 0.297 e. The summed E-state index contributed by atoms with van der Waals surface area (Å²) in [7, 11) is 0. The molecule has 30 valence electrons. The maximum absolute atomic E-state index is 4.68. The Morgan fingerprint density at radius 2 is 2.40 bits per heavy atom. The van der Waals surface area contributed by atoms with E-state index in [1.165, 1.54) is 0 Å². The van der Waals surface area contributed by atoms with Crippen LogP contribution in [0.4, 0.5) is 0 Å². The summed E-state index contributed by atoms with van der Waals surface area (Å²) in [6.07, 6.45) is 0.454. The van der Waals surface area contributed by atoms with Gasteiger partial charge < -0.3 is 0 Å². The zero-order chi connectivity index (χ0) is 3.70. The molecule has 0 aliphatic carbocycles. The van der Waals surface area contributed by atoms with Gasteiger partial charge in [0.25, 0.3) is 0 Å². The molecule has 0 radical (unpaired) electrons. The Morgan fingerprint density at radius 1 is 2.00 bits per heavy atom. The lowest BCUT2D eigenvalue weighted by Crippen LogP contribution is -2.41. The van der Waals surface area contributed by atoms with Crippen molar-refractivity contribution in [2.24, 2.45) is 0 Å². The van der Waals surface area contributed by atoms with E-state index in [1.54, 1.807) is 0 Å². The van der Waals surface area contributed by atoms with Crippen LogP contribution in [0.1, 0.15) is 6.92 Å². The Bertz CT molecular complexity index is 33.9. The average Bonchev–Trinajstić information content (AvgIpc) is 1.30. The second-order valence-corrected chi connectivity index (χ2v) is 1.28. The molecule has 1 heterocycles. The topological polar surface area (TPSA) is 21.3 Å². The van der Waals surface area contributed by atoms with Crippen molar-refractivity contribution in [2.45, 2.75) is 13.0 Å². The molecular weight excluding hydrogens is 66.0 g/mol. The summed E-state index contributed by atoms with van der Waals surface area (Å²) in [6, 6.07) is 0. The Kier molecular flexibility index (Phi) is 0.596. The molecule has 1 aliphatic heterocycles. The van der Waals surface area contributed by atoms with Gasteiger partial charge in [0.1, 0.15) is 0 Å². The molecule has 0 aromatic rings. The Labute approximate surface area is 31.1 Å². The fraction of sp³-hybridized carbons (Fsp3) is 1.00. The second-order valence-electron chi connectivity index (χ2n) is 1.28. The molecule has 0 aromatic heterocycles. The van der Waals surface area contributed by atoms with Crippen LogP contribution in [0.3, 0.4) is 0 Å². The molecule has 0 bridgehead atoms. The van der Waals surface area contributed by atoms with Crippen molar-refractivity contribution in [1.29, 1.82) is 0 Å². The summed E-state index contributed by atoms with van der Waals surface area (Å²) in [6.45, 7) is 3.04. The lowest BCUT2D eigenvalue weighted by atomic mass is 10.4. The normalized spacial score (nSPS) is 36.6. The van der Waals surface area contributed by atoms with Crippen molar-refractivity contribution in [3.05, 3.63) is 0 Å². The quantitative estimate of drug-likeness (QED) is 0.432. The summed E-state index contributed by atoms with van der Waals surface area (Å²) in [4.78, 5) is 4.68. The van der Waals surface area contributed by atoms with Gasteiger partial charge >= 0.3 is 0 Å². The van der Waals surface area contributed by atoms with Gasteiger partial charge in [0.2, 0.25) is 0 Å². The average molecular weight is 73.1 g/mol. The number of hydrogen-bond donors (Lipinski definition) is 1. The molecule has 1 aliphatic rings. The van der Waals surface area contributed by atoms with E-state index in [4.69, 9.17) is 0 Å². The predicted molar refractivity (Wildman–Crippen MR) is 18.5 cm³/mol. The van der Waals surface area contributed by atoms with Crippen molar-refractivity contribution < 1.29 is 4.84 Å². The van der Waals surface area contributed by atoms with E-state index < -0.39 is 0 Å². The summed E-state index contributed by atoms with van der Waals surface area (Å²) in [5.41, 5.74) is 2.66. The van der Waals surface area contributed by atoms with Crippen LogP contribution < -0.4 is 5.48 Å². The Morgan fingerprint density at radius 3 is 2.40 bits per heavy atom. The molecule has 0 aromatic carbocycles. The molecule has 2 heteroatoms. The van der Waals surface area contributed by atoms with Crippen molar-refractivity contribution >= 4 is 0 Å². The lowest BCUT2D eigenvalue weighted by Gasteiger charge is -2.21. The molecule has 1 rings (SSSR count). The fourth-order valence-corrected chi connectivity index (χ4v) is 0.250. The molecule has 2 nitrogen and oxygen atoms in total. The third kappa shape index (κ3) is 0.412. The van der Waals surface area contributed by atoms with Crippen LogP contribution in [0, 0.1) is 0 Å².